The van der Waals surface area contributed by atoms with Crippen molar-refractivity contribution < 1.29 is 26.3 Å². The smallest absolute Gasteiger partial charge is 0.333 e. The van der Waals surface area contributed by atoms with Crippen LogP contribution in [-0.4, -0.2) is 9.97 Å². The topological polar surface area (TPSA) is 28.7 Å². The minimum absolute atomic E-state index is 0.140. The Kier molecular flexibility index (Phi) is 4.37. The summed E-state index contributed by atoms with van der Waals surface area (Å²) in [7, 11) is 0. The molecule has 0 fully saturated rings. The van der Waals surface area contributed by atoms with Gasteiger partial charge in [0.1, 0.15) is 16.2 Å². The molecule has 0 bridgehead atoms. The second kappa shape index (κ2) is 5.55. The molecular formula is C12H6Br2F6N2. The fourth-order valence-electron chi connectivity index (χ4n) is 1.71. The van der Waals surface area contributed by atoms with E-state index >= 15 is 0 Å². The summed E-state index contributed by atoms with van der Waals surface area (Å²) in [5.41, 5.74) is -2.18. The van der Waals surface area contributed by atoms with Gasteiger partial charge in [0, 0.05) is 17.0 Å². The Bertz CT molecular complexity index is 694. The molecular weight excluding hydrogens is 446 g/mol. The Morgan fingerprint density at radius 1 is 1.09 bits per heavy atom. The van der Waals surface area contributed by atoms with E-state index < -0.39 is 39.6 Å². The molecule has 1 aromatic carbocycles. The van der Waals surface area contributed by atoms with Crippen molar-refractivity contribution in [2.24, 2.45) is 0 Å². The van der Waals surface area contributed by atoms with Crippen molar-refractivity contribution in [3.8, 4) is 11.4 Å². The van der Waals surface area contributed by atoms with Gasteiger partial charge in [0.25, 0.3) is 5.92 Å². The summed E-state index contributed by atoms with van der Waals surface area (Å²) < 4.78 is 77.8. The number of benzene rings is 1. The summed E-state index contributed by atoms with van der Waals surface area (Å²) in [5, 5.41) is 0. The number of nitrogens with zero attached hydrogens (tertiary/aromatic N) is 1. The van der Waals surface area contributed by atoms with Crippen molar-refractivity contribution >= 4 is 31.9 Å². The van der Waals surface area contributed by atoms with E-state index in [9.17, 15) is 26.3 Å². The van der Waals surface area contributed by atoms with E-state index in [4.69, 9.17) is 0 Å². The second-order valence-electron chi connectivity index (χ2n) is 4.45. The molecule has 1 aromatic heterocycles. The van der Waals surface area contributed by atoms with Crippen molar-refractivity contribution in [1.82, 2.24) is 9.97 Å². The number of hydrogen-bond acceptors (Lipinski definition) is 1. The quantitative estimate of drug-likeness (QED) is 0.568. The number of imidazole rings is 1. The minimum atomic E-state index is -4.72. The minimum Gasteiger partial charge on any atom is -0.333 e. The molecule has 1 heterocycles. The highest BCUT2D eigenvalue weighted by Gasteiger charge is 2.37. The van der Waals surface area contributed by atoms with Gasteiger partial charge in [0.05, 0.1) is 5.56 Å². The van der Waals surface area contributed by atoms with Gasteiger partial charge < -0.3 is 4.98 Å². The van der Waals surface area contributed by atoms with Crippen molar-refractivity contribution in [3.05, 3.63) is 38.3 Å². The van der Waals surface area contributed by atoms with E-state index in [2.05, 4.69) is 36.8 Å². The predicted octanol–water partition coefficient (Wildman–Crippen LogP) is 5.87. The first-order valence-corrected chi connectivity index (χ1v) is 7.20. The molecule has 0 aliphatic carbocycles. The number of nitrogens with one attached hydrogen (secondary N) is 1. The monoisotopic (exact) mass is 450 g/mol. The largest absolute Gasteiger partial charge is 0.433 e. The zero-order chi connectivity index (χ0) is 16.9. The average molecular weight is 452 g/mol. The number of hydrogen-bond donors (Lipinski definition) is 1. The molecule has 120 valence electrons. The highest BCUT2D eigenvalue weighted by atomic mass is 79.9. The maximum Gasteiger partial charge on any atom is 0.433 e. The van der Waals surface area contributed by atoms with Gasteiger partial charge in [0.15, 0.2) is 5.69 Å². The van der Waals surface area contributed by atoms with Gasteiger partial charge in [-0.3, -0.25) is 0 Å². The highest BCUT2D eigenvalue weighted by Crippen LogP contribution is 2.39. The van der Waals surface area contributed by atoms with Gasteiger partial charge in [-0.25, -0.2) is 18.2 Å². The van der Waals surface area contributed by atoms with Crippen LogP contribution in [0.25, 0.3) is 11.4 Å². The molecule has 0 aliphatic heterocycles. The molecule has 0 radical (unpaired) electrons. The fraction of sp³-hybridized carbons (Fsp3) is 0.250. The molecule has 1 N–H and O–H groups in total. The van der Waals surface area contributed by atoms with Gasteiger partial charge in [-0.1, -0.05) is 0 Å². The van der Waals surface area contributed by atoms with E-state index in [1.165, 1.54) is 0 Å². The lowest BCUT2D eigenvalue weighted by molar-refractivity contribution is -0.141. The fourth-order valence-corrected chi connectivity index (χ4v) is 2.84. The van der Waals surface area contributed by atoms with Gasteiger partial charge in [-0.2, -0.15) is 13.2 Å². The lowest BCUT2D eigenvalue weighted by Crippen LogP contribution is -2.08. The van der Waals surface area contributed by atoms with Crippen LogP contribution in [0.4, 0.5) is 26.3 Å². The van der Waals surface area contributed by atoms with Crippen molar-refractivity contribution in [2.45, 2.75) is 19.0 Å². The summed E-state index contributed by atoms with van der Waals surface area (Å²) in [6.45, 7) is 0.582. The van der Waals surface area contributed by atoms with Crippen molar-refractivity contribution in [2.75, 3.05) is 0 Å². The number of alkyl halides is 5. The summed E-state index contributed by atoms with van der Waals surface area (Å²) in [4.78, 5) is 5.48. The third-order valence-electron chi connectivity index (χ3n) is 2.73. The van der Waals surface area contributed by atoms with Gasteiger partial charge >= 0.3 is 6.18 Å². The lowest BCUT2D eigenvalue weighted by Gasteiger charge is -2.13. The number of rotatable bonds is 2. The maximum atomic E-state index is 14.0. The van der Waals surface area contributed by atoms with Crippen LogP contribution in [0.3, 0.4) is 0 Å². The SMILES string of the molecule is CC(F)(F)c1cc(F)c(-c2nc(Br)c(C(F)(F)F)[nH]2)c(Br)c1. The van der Waals surface area contributed by atoms with Crippen molar-refractivity contribution in [1.29, 1.82) is 0 Å². The molecule has 0 amide bonds. The third-order valence-corrected chi connectivity index (χ3v) is 3.93. The molecule has 0 saturated heterocycles. The Morgan fingerprint density at radius 3 is 2.09 bits per heavy atom. The Hall–Kier alpha value is -1.03. The van der Waals surface area contributed by atoms with Crippen LogP contribution in [0.5, 0.6) is 0 Å². The molecule has 0 unspecified atom stereocenters. The van der Waals surface area contributed by atoms with E-state index in [0.29, 0.717) is 13.0 Å². The first-order valence-electron chi connectivity index (χ1n) is 5.61. The predicted molar refractivity (Wildman–Crippen MR) is 74.0 cm³/mol. The number of halogens is 8. The zero-order valence-electron chi connectivity index (χ0n) is 10.6. The number of aromatic nitrogens is 2. The Morgan fingerprint density at radius 2 is 1.68 bits per heavy atom. The van der Waals surface area contributed by atoms with E-state index in [-0.39, 0.29) is 10.0 Å². The first kappa shape index (κ1) is 17.3. The first-order chi connectivity index (χ1) is 9.91. The Labute approximate surface area is 137 Å². The summed E-state index contributed by atoms with van der Waals surface area (Å²) >= 11 is 5.51. The summed E-state index contributed by atoms with van der Waals surface area (Å²) in [6.07, 6.45) is -4.72. The third kappa shape index (κ3) is 3.32. The molecule has 0 aliphatic rings. The molecule has 0 spiro atoms. The van der Waals surface area contributed by atoms with Crippen LogP contribution in [0, 0.1) is 5.82 Å². The van der Waals surface area contributed by atoms with Gasteiger partial charge in [-0.15, -0.1) is 0 Å². The molecule has 2 nitrogen and oxygen atoms in total. The molecule has 22 heavy (non-hydrogen) atoms. The molecule has 0 atom stereocenters. The van der Waals surface area contributed by atoms with Gasteiger partial charge in [0.2, 0.25) is 0 Å². The second-order valence-corrected chi connectivity index (χ2v) is 6.06. The molecule has 10 heteroatoms. The van der Waals surface area contributed by atoms with Crippen LogP contribution in [0.15, 0.2) is 21.2 Å². The summed E-state index contributed by atoms with van der Waals surface area (Å²) in [5.74, 6) is -4.85. The van der Waals surface area contributed by atoms with Crippen LogP contribution < -0.4 is 0 Å². The van der Waals surface area contributed by atoms with E-state index in [1.54, 1.807) is 0 Å². The van der Waals surface area contributed by atoms with Gasteiger partial charge in [-0.05, 0) is 44.0 Å². The van der Waals surface area contributed by atoms with Crippen LogP contribution >= 0.6 is 31.9 Å². The standard InChI is InChI=1S/C12H6Br2F6N2/c1-11(16,17)4-2-5(13)7(6(15)3-4)10-21-8(9(14)22-10)12(18,19)20/h2-3H,1H3,(H,21,22). The highest BCUT2D eigenvalue weighted by molar-refractivity contribution is 9.10. The molecule has 2 aromatic rings. The maximum absolute atomic E-state index is 14.0. The number of H-pyrrole nitrogens is 1. The lowest BCUT2D eigenvalue weighted by atomic mass is 10.1. The average Bonchev–Trinajstić information content (AvgIpc) is 2.68. The molecule has 2 rings (SSSR count). The molecule has 0 saturated carbocycles. The van der Waals surface area contributed by atoms with Crippen LogP contribution in [0.2, 0.25) is 0 Å². The van der Waals surface area contributed by atoms with Crippen LogP contribution in [-0.2, 0) is 12.1 Å². The van der Waals surface area contributed by atoms with Crippen LogP contribution in [0.1, 0.15) is 18.2 Å². The van der Waals surface area contributed by atoms with E-state index in [0.717, 1.165) is 6.07 Å². The zero-order valence-corrected chi connectivity index (χ0v) is 13.8. The normalized spacial score (nSPS) is 12.8. The summed E-state index contributed by atoms with van der Waals surface area (Å²) in [6, 6.07) is 1.49. The Balaban J connectivity index is 2.60. The number of aromatic amines is 1. The van der Waals surface area contributed by atoms with Crippen molar-refractivity contribution in [3.63, 3.8) is 0 Å². The van der Waals surface area contributed by atoms with E-state index in [1.807, 2.05) is 4.98 Å².